The number of aromatic nitrogens is 2. The molecule has 0 bridgehead atoms. The first-order chi connectivity index (χ1) is 13.5. The number of nitrogens with zero attached hydrogens (tertiary/aromatic N) is 3. The van der Waals surface area contributed by atoms with E-state index < -0.39 is 0 Å². The van der Waals surface area contributed by atoms with Gasteiger partial charge in [0.25, 0.3) is 11.5 Å². The fourth-order valence-corrected chi connectivity index (χ4v) is 4.88. The summed E-state index contributed by atoms with van der Waals surface area (Å²) in [6.45, 7) is 3.84. The van der Waals surface area contributed by atoms with Gasteiger partial charge >= 0.3 is 0 Å². The quantitative estimate of drug-likeness (QED) is 0.720. The lowest BCUT2D eigenvalue weighted by Crippen LogP contribution is -2.24. The summed E-state index contributed by atoms with van der Waals surface area (Å²) < 4.78 is 1.75. The van der Waals surface area contributed by atoms with Gasteiger partial charge in [-0.3, -0.25) is 14.2 Å². The zero-order valence-corrected chi connectivity index (χ0v) is 17.2. The molecule has 6 nitrogen and oxygen atoms in total. The molecule has 0 radical (unpaired) electrons. The van der Waals surface area contributed by atoms with Crippen molar-refractivity contribution in [2.45, 2.75) is 39.4 Å². The highest BCUT2D eigenvalue weighted by Crippen LogP contribution is 2.28. The van der Waals surface area contributed by atoms with Crippen LogP contribution in [0.5, 0.6) is 0 Å². The maximum atomic E-state index is 12.9. The van der Waals surface area contributed by atoms with E-state index in [4.69, 9.17) is 0 Å². The zero-order valence-electron chi connectivity index (χ0n) is 16.4. The largest absolute Gasteiger partial charge is 0.347 e. The Hall–Kier alpha value is -2.51. The predicted octanol–water partition coefficient (Wildman–Crippen LogP) is 2.70. The van der Waals surface area contributed by atoms with Crippen molar-refractivity contribution in [3.63, 3.8) is 0 Å². The zero-order chi connectivity index (χ0) is 19.8. The molecule has 0 saturated carbocycles. The van der Waals surface area contributed by atoms with Crippen LogP contribution in [0.4, 0.5) is 0 Å². The van der Waals surface area contributed by atoms with E-state index in [-0.39, 0.29) is 11.5 Å². The number of amides is 1. The van der Waals surface area contributed by atoms with Crippen molar-refractivity contribution in [3.05, 3.63) is 62.0 Å². The van der Waals surface area contributed by atoms with Gasteiger partial charge in [0.15, 0.2) is 0 Å². The van der Waals surface area contributed by atoms with Gasteiger partial charge in [-0.1, -0.05) is 24.3 Å². The molecule has 3 heterocycles. The Labute approximate surface area is 167 Å². The van der Waals surface area contributed by atoms with Crippen LogP contribution in [0.2, 0.25) is 0 Å². The Morgan fingerprint density at radius 1 is 1.29 bits per heavy atom. The van der Waals surface area contributed by atoms with Crippen LogP contribution >= 0.6 is 11.3 Å². The van der Waals surface area contributed by atoms with Gasteiger partial charge in [-0.25, -0.2) is 4.98 Å². The summed E-state index contributed by atoms with van der Waals surface area (Å²) in [4.78, 5) is 33.7. The molecule has 1 aromatic carbocycles. The molecular formula is C21H24N4O2S. The van der Waals surface area contributed by atoms with Gasteiger partial charge in [-0.05, 0) is 44.1 Å². The molecule has 3 aromatic rings. The summed E-state index contributed by atoms with van der Waals surface area (Å²) in [7, 11) is 4.05. The Morgan fingerprint density at radius 3 is 2.79 bits per heavy atom. The summed E-state index contributed by atoms with van der Waals surface area (Å²) in [5.41, 5.74) is 3.01. The smallest absolute Gasteiger partial charge is 0.262 e. The van der Waals surface area contributed by atoms with E-state index in [1.165, 1.54) is 16.9 Å². The average molecular weight is 397 g/mol. The molecule has 0 atom stereocenters. The van der Waals surface area contributed by atoms with Gasteiger partial charge < -0.3 is 10.2 Å². The predicted molar refractivity (Wildman–Crippen MR) is 112 cm³/mol. The summed E-state index contributed by atoms with van der Waals surface area (Å²) in [5, 5.41) is 3.62. The van der Waals surface area contributed by atoms with Crippen molar-refractivity contribution in [2.75, 3.05) is 14.1 Å². The second-order valence-electron chi connectivity index (χ2n) is 7.51. The summed E-state index contributed by atoms with van der Waals surface area (Å²) in [6, 6.07) is 8.12. The molecular weight excluding hydrogens is 372 g/mol. The van der Waals surface area contributed by atoms with E-state index in [2.05, 4.69) is 21.3 Å². The topological polar surface area (TPSA) is 67.2 Å². The van der Waals surface area contributed by atoms with Gasteiger partial charge in [-0.2, -0.15) is 0 Å². The lowest BCUT2D eigenvalue weighted by atomic mass is 10.1. The third-order valence-electron chi connectivity index (χ3n) is 5.16. The molecule has 146 valence electrons. The second-order valence-corrected chi connectivity index (χ2v) is 8.51. The molecule has 0 saturated heterocycles. The van der Waals surface area contributed by atoms with Crippen molar-refractivity contribution >= 4 is 27.5 Å². The molecule has 28 heavy (non-hydrogen) atoms. The van der Waals surface area contributed by atoms with Crippen LogP contribution in [0.15, 0.2) is 29.1 Å². The Balaban J connectivity index is 1.60. The third-order valence-corrected chi connectivity index (χ3v) is 6.35. The molecule has 0 spiro atoms. The van der Waals surface area contributed by atoms with Gasteiger partial charge in [0.05, 0.1) is 10.3 Å². The number of benzene rings is 1. The van der Waals surface area contributed by atoms with Crippen LogP contribution in [0.25, 0.3) is 10.2 Å². The van der Waals surface area contributed by atoms with Crippen LogP contribution < -0.4 is 10.9 Å². The minimum absolute atomic E-state index is 0.0124. The normalized spacial score (nSPS) is 13.3. The molecule has 7 heteroatoms. The molecule has 0 unspecified atom stereocenters. The maximum absolute atomic E-state index is 12.9. The fraction of sp³-hybridized carbons (Fsp3) is 0.381. The van der Waals surface area contributed by atoms with Crippen LogP contribution in [-0.4, -0.2) is 34.5 Å². The number of hydrogen-bond acceptors (Lipinski definition) is 5. The molecule has 1 aliphatic rings. The first-order valence-corrected chi connectivity index (χ1v) is 10.3. The van der Waals surface area contributed by atoms with E-state index in [1.54, 1.807) is 4.57 Å². The van der Waals surface area contributed by atoms with E-state index in [0.29, 0.717) is 21.6 Å². The first-order valence-electron chi connectivity index (χ1n) is 9.48. The number of hydrogen-bond donors (Lipinski definition) is 1. The van der Waals surface area contributed by atoms with E-state index in [0.717, 1.165) is 42.9 Å². The van der Waals surface area contributed by atoms with E-state index in [1.807, 2.05) is 39.2 Å². The minimum Gasteiger partial charge on any atom is -0.347 e. The SMILES string of the molecule is Cc1c(C(=O)NCc2ccccc2CN(C)C)sc2nc3n(c(=O)c12)CCC3. The highest BCUT2D eigenvalue weighted by atomic mass is 32.1. The molecule has 1 N–H and O–H groups in total. The minimum atomic E-state index is -0.148. The summed E-state index contributed by atoms with van der Waals surface area (Å²) in [5.74, 6) is 0.688. The van der Waals surface area contributed by atoms with Crippen molar-refractivity contribution in [3.8, 4) is 0 Å². The Kier molecular flexibility index (Phi) is 5.03. The molecule has 2 aromatic heterocycles. The van der Waals surface area contributed by atoms with E-state index in [9.17, 15) is 9.59 Å². The van der Waals surface area contributed by atoms with Crippen molar-refractivity contribution < 1.29 is 4.79 Å². The number of carbonyl (C=O) groups is 1. The monoisotopic (exact) mass is 396 g/mol. The van der Waals surface area contributed by atoms with Gasteiger partial charge in [0.1, 0.15) is 10.7 Å². The standard InChI is InChI=1S/C21H24N4O2S/c1-13-17-20(23-16-9-6-10-25(16)21(17)27)28-18(13)19(26)22-11-14-7-4-5-8-15(14)12-24(2)3/h4-5,7-8H,6,9-12H2,1-3H3,(H,22,26). The average Bonchev–Trinajstić information content (AvgIpc) is 3.25. The number of fused-ring (bicyclic) bond motifs is 2. The second kappa shape index (κ2) is 7.48. The molecule has 1 amide bonds. The van der Waals surface area contributed by atoms with Gasteiger partial charge in [-0.15, -0.1) is 11.3 Å². The lowest BCUT2D eigenvalue weighted by Gasteiger charge is -2.14. The van der Waals surface area contributed by atoms with Gasteiger partial charge in [0.2, 0.25) is 0 Å². The number of carbonyl (C=O) groups excluding carboxylic acids is 1. The molecule has 0 fully saturated rings. The fourth-order valence-electron chi connectivity index (χ4n) is 3.77. The summed E-state index contributed by atoms with van der Waals surface area (Å²) in [6.07, 6.45) is 1.78. The Bertz CT molecular complexity index is 1110. The van der Waals surface area contributed by atoms with Crippen molar-refractivity contribution in [1.29, 1.82) is 0 Å². The van der Waals surface area contributed by atoms with Gasteiger partial charge in [0, 0.05) is 26.1 Å². The highest BCUT2D eigenvalue weighted by Gasteiger charge is 2.23. The van der Waals surface area contributed by atoms with Crippen molar-refractivity contribution in [2.24, 2.45) is 0 Å². The number of thiophene rings is 1. The number of rotatable bonds is 5. The molecule has 4 rings (SSSR count). The van der Waals surface area contributed by atoms with Crippen LogP contribution in [0.1, 0.15) is 38.6 Å². The number of aryl methyl sites for hydroxylation is 2. The number of nitrogens with one attached hydrogen (secondary N) is 1. The Morgan fingerprint density at radius 2 is 2.04 bits per heavy atom. The van der Waals surface area contributed by atoms with Crippen molar-refractivity contribution in [1.82, 2.24) is 19.8 Å². The third kappa shape index (κ3) is 3.36. The first kappa shape index (κ1) is 18.8. The maximum Gasteiger partial charge on any atom is 0.262 e. The van der Waals surface area contributed by atoms with Crippen LogP contribution in [0.3, 0.4) is 0 Å². The van der Waals surface area contributed by atoms with E-state index >= 15 is 0 Å². The van der Waals surface area contributed by atoms with Crippen LogP contribution in [0, 0.1) is 6.92 Å². The molecule has 0 aliphatic carbocycles. The summed E-state index contributed by atoms with van der Waals surface area (Å²) >= 11 is 1.32. The highest BCUT2D eigenvalue weighted by molar-refractivity contribution is 7.20. The molecule has 1 aliphatic heterocycles. The van der Waals surface area contributed by atoms with Crippen LogP contribution in [-0.2, 0) is 26.1 Å². The lowest BCUT2D eigenvalue weighted by molar-refractivity contribution is 0.0954.